The lowest BCUT2D eigenvalue weighted by molar-refractivity contribution is -0.141. The van der Waals surface area contributed by atoms with Gasteiger partial charge in [0, 0.05) is 19.2 Å². The second-order valence-corrected chi connectivity index (χ2v) is 10.9. The Bertz CT molecular complexity index is 1750. The number of amides is 1. The minimum absolute atomic E-state index is 0.0413. The maximum atomic E-state index is 13.3. The number of hydrogen-bond acceptors (Lipinski definition) is 13. The zero-order valence-corrected chi connectivity index (χ0v) is 26.0. The summed E-state index contributed by atoms with van der Waals surface area (Å²) in [6.45, 7) is 1.00. The highest BCUT2D eigenvalue weighted by Crippen LogP contribution is 2.40. The van der Waals surface area contributed by atoms with Gasteiger partial charge in [-0.3, -0.25) is 14.8 Å². The van der Waals surface area contributed by atoms with E-state index in [1.54, 1.807) is 24.3 Å². The summed E-state index contributed by atoms with van der Waals surface area (Å²) in [5.74, 6) is 0.0140. The van der Waals surface area contributed by atoms with Gasteiger partial charge >= 0.3 is 12.1 Å². The number of hydrogen-bond donors (Lipinski definition) is 2. The van der Waals surface area contributed by atoms with Gasteiger partial charge in [0.25, 0.3) is 15.9 Å². The average molecular weight is 674 g/mol. The van der Waals surface area contributed by atoms with Crippen molar-refractivity contribution in [3.05, 3.63) is 78.2 Å². The molecule has 2 N–H and O–H groups in total. The van der Waals surface area contributed by atoms with Gasteiger partial charge in [0.15, 0.2) is 5.82 Å². The quantitative estimate of drug-likeness (QED) is 0.131. The fraction of sp³-hybridized carbons (Fsp3) is 0.207. The van der Waals surface area contributed by atoms with Gasteiger partial charge < -0.3 is 28.4 Å². The lowest BCUT2D eigenvalue weighted by Gasteiger charge is -2.17. The summed E-state index contributed by atoms with van der Waals surface area (Å²) >= 11 is 6.33. The van der Waals surface area contributed by atoms with Crippen LogP contribution in [0.2, 0.25) is 5.02 Å². The molecule has 0 fully saturated rings. The summed E-state index contributed by atoms with van der Waals surface area (Å²) in [4.78, 5) is 34.9. The number of carbonyl (C=O) groups is 2. The van der Waals surface area contributed by atoms with Gasteiger partial charge in [-0.25, -0.2) is 23.2 Å². The number of carbonyl (C=O) groups excluding carboxylic acids is 2. The van der Waals surface area contributed by atoms with E-state index in [0.717, 1.165) is 6.33 Å². The molecule has 46 heavy (non-hydrogen) atoms. The normalized spacial score (nSPS) is 10.8. The lowest BCUT2D eigenvalue weighted by atomic mass is 10.3. The lowest BCUT2D eigenvalue weighted by Crippen LogP contribution is -2.19. The van der Waals surface area contributed by atoms with Crippen LogP contribution in [0.4, 0.5) is 16.4 Å². The maximum absolute atomic E-state index is 13.3. The highest BCUT2D eigenvalue weighted by Gasteiger charge is 2.23. The van der Waals surface area contributed by atoms with Crippen LogP contribution in [0.25, 0.3) is 0 Å². The molecule has 0 unspecified atom stereocenters. The zero-order chi connectivity index (χ0) is 32.9. The Labute approximate surface area is 268 Å². The number of methoxy groups -OCH3 is 1. The minimum atomic E-state index is -4.23. The van der Waals surface area contributed by atoms with Crippen molar-refractivity contribution >= 4 is 45.3 Å². The number of halogens is 1. The monoisotopic (exact) mass is 673 g/mol. The van der Waals surface area contributed by atoms with E-state index in [-0.39, 0.29) is 59.5 Å². The summed E-state index contributed by atoms with van der Waals surface area (Å²) in [5.41, 5.74) is 0. The van der Waals surface area contributed by atoms with Crippen molar-refractivity contribution < 1.29 is 46.4 Å². The maximum Gasteiger partial charge on any atom is 0.412 e. The number of sulfonamides is 1. The molecule has 0 saturated carbocycles. The molecule has 4 aromatic rings. The molecule has 4 rings (SSSR count). The number of nitrogens with one attached hydrogen (secondary N) is 2. The summed E-state index contributed by atoms with van der Waals surface area (Å²) < 4.78 is 61.3. The Morgan fingerprint density at radius 1 is 0.870 bits per heavy atom. The first-order chi connectivity index (χ1) is 22.1. The van der Waals surface area contributed by atoms with Gasteiger partial charge in [-0.05, 0) is 48.5 Å². The molecule has 15 nitrogen and oxygen atoms in total. The standard InChI is InChI=1S/C29H28ClN5O10S/c1-19(36)41-13-14-42-20-6-9-22(10-7-20)46(38,39)35-27-26(45-24-17-21(40-2)8-11-23(24)30)28(33-18-32-27)43-15-16-44-29(37)34-25-5-3-4-12-31-25/h3-12,17-18H,13-16H2,1-2H3,(H,31,34,37)(H,32,33,35). The van der Waals surface area contributed by atoms with E-state index in [9.17, 15) is 18.0 Å². The molecule has 0 spiro atoms. The van der Waals surface area contributed by atoms with E-state index in [1.165, 1.54) is 56.6 Å². The van der Waals surface area contributed by atoms with Crippen LogP contribution in [0.15, 0.2) is 78.1 Å². The molecule has 2 aromatic carbocycles. The number of nitrogens with zero attached hydrogens (tertiary/aromatic N) is 3. The van der Waals surface area contributed by atoms with Gasteiger partial charge in [-0.1, -0.05) is 17.7 Å². The third kappa shape index (κ3) is 9.83. The molecule has 0 atom stereocenters. The minimum Gasteiger partial charge on any atom is -0.497 e. The topological polar surface area (TPSA) is 186 Å². The van der Waals surface area contributed by atoms with Crippen molar-refractivity contribution in [2.24, 2.45) is 0 Å². The van der Waals surface area contributed by atoms with Crippen LogP contribution in [0.1, 0.15) is 6.92 Å². The number of ether oxygens (including phenoxy) is 6. The number of aromatic nitrogens is 3. The van der Waals surface area contributed by atoms with Crippen LogP contribution in [0.3, 0.4) is 0 Å². The van der Waals surface area contributed by atoms with Crippen molar-refractivity contribution in [2.75, 3.05) is 43.6 Å². The fourth-order valence-electron chi connectivity index (χ4n) is 3.52. The third-order valence-electron chi connectivity index (χ3n) is 5.59. The first-order valence-electron chi connectivity index (χ1n) is 13.4. The molecule has 0 aliphatic carbocycles. The summed E-state index contributed by atoms with van der Waals surface area (Å²) in [6.07, 6.45) is 1.80. The van der Waals surface area contributed by atoms with E-state index in [4.69, 9.17) is 40.0 Å². The van der Waals surface area contributed by atoms with Crippen molar-refractivity contribution in [3.63, 3.8) is 0 Å². The third-order valence-corrected chi connectivity index (χ3v) is 7.26. The second kappa shape index (κ2) is 16.1. The molecule has 242 valence electrons. The second-order valence-electron chi connectivity index (χ2n) is 8.84. The van der Waals surface area contributed by atoms with Crippen molar-refractivity contribution in [1.82, 2.24) is 15.0 Å². The Hall–Kier alpha value is -5.35. The van der Waals surface area contributed by atoms with Crippen LogP contribution in [0.5, 0.6) is 28.9 Å². The number of esters is 1. The average Bonchev–Trinajstić information content (AvgIpc) is 3.04. The number of rotatable bonds is 15. The molecule has 0 bridgehead atoms. The summed E-state index contributed by atoms with van der Waals surface area (Å²) in [6, 6.07) is 15.1. The van der Waals surface area contributed by atoms with Gasteiger partial charge in [0.05, 0.1) is 17.0 Å². The van der Waals surface area contributed by atoms with Gasteiger partial charge in [0.1, 0.15) is 55.8 Å². The van der Waals surface area contributed by atoms with E-state index >= 15 is 0 Å². The Kier molecular flexibility index (Phi) is 11.7. The van der Waals surface area contributed by atoms with Crippen LogP contribution in [0, 0.1) is 0 Å². The van der Waals surface area contributed by atoms with E-state index in [0.29, 0.717) is 17.3 Å². The van der Waals surface area contributed by atoms with Gasteiger partial charge in [0.2, 0.25) is 5.75 Å². The van der Waals surface area contributed by atoms with Crippen molar-refractivity contribution in [2.45, 2.75) is 11.8 Å². The summed E-state index contributed by atoms with van der Waals surface area (Å²) in [7, 11) is -2.78. The fourth-order valence-corrected chi connectivity index (χ4v) is 4.69. The van der Waals surface area contributed by atoms with Crippen LogP contribution in [-0.4, -0.2) is 69.0 Å². The van der Waals surface area contributed by atoms with E-state index in [1.807, 2.05) is 0 Å². The van der Waals surface area contributed by atoms with Crippen molar-refractivity contribution in [3.8, 4) is 28.9 Å². The first kappa shape index (κ1) is 33.5. The predicted molar refractivity (Wildman–Crippen MR) is 164 cm³/mol. The molecule has 0 radical (unpaired) electrons. The van der Waals surface area contributed by atoms with Gasteiger partial charge in [-0.2, -0.15) is 4.98 Å². The molecular weight excluding hydrogens is 646 g/mol. The number of anilines is 2. The Balaban J connectivity index is 1.51. The van der Waals surface area contributed by atoms with E-state index < -0.39 is 22.1 Å². The molecule has 1 amide bonds. The van der Waals surface area contributed by atoms with E-state index in [2.05, 4.69) is 25.0 Å². The Morgan fingerprint density at radius 3 is 2.33 bits per heavy atom. The van der Waals surface area contributed by atoms with Crippen LogP contribution >= 0.6 is 11.6 Å². The molecule has 2 aromatic heterocycles. The van der Waals surface area contributed by atoms with Gasteiger partial charge in [-0.15, -0.1) is 0 Å². The smallest absolute Gasteiger partial charge is 0.412 e. The first-order valence-corrected chi connectivity index (χ1v) is 15.2. The van der Waals surface area contributed by atoms with Crippen LogP contribution < -0.4 is 29.0 Å². The molecule has 2 heterocycles. The Morgan fingerprint density at radius 2 is 1.61 bits per heavy atom. The molecule has 17 heteroatoms. The number of benzene rings is 2. The molecular formula is C29H28ClN5O10S. The zero-order valence-electron chi connectivity index (χ0n) is 24.5. The van der Waals surface area contributed by atoms with Crippen LogP contribution in [-0.2, 0) is 24.3 Å². The SMILES string of the molecule is COc1ccc(Cl)c(Oc2c(NS(=O)(=O)c3ccc(OCCOC(C)=O)cc3)ncnc2OCCOC(=O)Nc2ccccn2)c1. The largest absolute Gasteiger partial charge is 0.497 e. The molecule has 0 aliphatic rings. The highest BCUT2D eigenvalue weighted by molar-refractivity contribution is 7.92. The summed E-state index contributed by atoms with van der Waals surface area (Å²) in [5, 5.41) is 2.63. The molecule has 0 saturated heterocycles. The highest BCUT2D eigenvalue weighted by atomic mass is 35.5. The number of pyridine rings is 1. The predicted octanol–water partition coefficient (Wildman–Crippen LogP) is 4.70. The molecule has 0 aliphatic heterocycles. The van der Waals surface area contributed by atoms with Crippen molar-refractivity contribution in [1.29, 1.82) is 0 Å².